The SMILES string of the molecule is Clc1ccccc1Oc1c(Cl)c(Cl)c(Oc2c(Cl)c(Cl)c(Oc3cccc(Cl)c3Cl)c(Cl)c2Cl)c(Cl)c1Cl. The van der Waals surface area contributed by atoms with Gasteiger partial charge in [0.05, 0.1) is 10.0 Å². The molecule has 38 heavy (non-hydrogen) atoms. The highest BCUT2D eigenvalue weighted by Gasteiger charge is 2.29. The molecule has 0 heterocycles. The number of benzene rings is 4. The second kappa shape index (κ2) is 12.5. The molecule has 4 aromatic carbocycles. The predicted molar refractivity (Wildman–Crippen MR) is 161 cm³/mol. The van der Waals surface area contributed by atoms with Crippen molar-refractivity contribution in [1.29, 1.82) is 0 Å². The molecule has 0 unspecified atom stereocenters. The van der Waals surface area contributed by atoms with Crippen LogP contribution in [0.4, 0.5) is 0 Å². The smallest absolute Gasteiger partial charge is 0.168 e. The number of para-hydroxylation sites is 1. The maximum atomic E-state index is 6.47. The van der Waals surface area contributed by atoms with Crippen molar-refractivity contribution in [3.05, 3.63) is 97.7 Å². The molecule has 0 radical (unpaired) electrons. The summed E-state index contributed by atoms with van der Waals surface area (Å²) in [6.45, 7) is 0. The van der Waals surface area contributed by atoms with Crippen LogP contribution >= 0.6 is 128 Å². The minimum Gasteiger partial charge on any atom is -0.453 e. The topological polar surface area (TPSA) is 27.7 Å². The average Bonchev–Trinajstić information content (AvgIpc) is 2.89. The van der Waals surface area contributed by atoms with Crippen molar-refractivity contribution in [1.82, 2.24) is 0 Å². The van der Waals surface area contributed by atoms with Crippen molar-refractivity contribution < 1.29 is 14.2 Å². The Morgan fingerprint density at radius 1 is 0.316 bits per heavy atom. The fraction of sp³-hybridized carbons (Fsp3) is 0. The number of rotatable bonds is 6. The summed E-state index contributed by atoms with van der Waals surface area (Å²) in [5.41, 5.74) is 0. The first kappa shape index (κ1) is 30.4. The molecule has 4 aromatic rings. The lowest BCUT2D eigenvalue weighted by molar-refractivity contribution is 0.465. The Morgan fingerprint density at radius 3 is 1.11 bits per heavy atom. The van der Waals surface area contributed by atoms with Crippen molar-refractivity contribution in [2.75, 3.05) is 0 Å². The van der Waals surface area contributed by atoms with E-state index >= 15 is 0 Å². The summed E-state index contributed by atoms with van der Waals surface area (Å²) < 4.78 is 17.4. The Labute approximate surface area is 271 Å². The summed E-state index contributed by atoms with van der Waals surface area (Å²) in [5, 5.41) is -0.629. The van der Waals surface area contributed by atoms with Crippen LogP contribution in [0.15, 0.2) is 42.5 Å². The highest BCUT2D eigenvalue weighted by Crippen LogP contribution is 2.57. The van der Waals surface area contributed by atoms with Crippen LogP contribution < -0.4 is 14.2 Å². The van der Waals surface area contributed by atoms with E-state index in [2.05, 4.69) is 0 Å². The van der Waals surface area contributed by atoms with Gasteiger partial charge in [-0.05, 0) is 24.3 Å². The molecule has 0 aromatic heterocycles. The van der Waals surface area contributed by atoms with Crippen LogP contribution in [-0.4, -0.2) is 0 Å². The van der Waals surface area contributed by atoms with Crippen LogP contribution in [0.1, 0.15) is 0 Å². The molecule has 198 valence electrons. The highest BCUT2D eigenvalue weighted by atomic mass is 35.5. The predicted octanol–water partition coefficient (Wildman–Crippen LogP) is 14.3. The van der Waals surface area contributed by atoms with Gasteiger partial charge in [-0.3, -0.25) is 0 Å². The van der Waals surface area contributed by atoms with E-state index in [-0.39, 0.29) is 84.7 Å². The first-order chi connectivity index (χ1) is 17.9. The fourth-order valence-electron chi connectivity index (χ4n) is 2.95. The van der Waals surface area contributed by atoms with E-state index in [1.165, 1.54) is 0 Å². The van der Waals surface area contributed by atoms with Crippen LogP contribution in [0, 0.1) is 0 Å². The molecule has 3 nitrogen and oxygen atoms in total. The van der Waals surface area contributed by atoms with E-state index in [4.69, 9.17) is 142 Å². The third-order valence-corrected chi connectivity index (χ3v) is 9.13. The van der Waals surface area contributed by atoms with Gasteiger partial charge in [0.25, 0.3) is 0 Å². The van der Waals surface area contributed by atoms with Crippen molar-refractivity contribution in [3.8, 4) is 34.5 Å². The van der Waals surface area contributed by atoms with Gasteiger partial charge in [0.15, 0.2) is 23.0 Å². The first-order valence-electron chi connectivity index (χ1n) is 9.87. The molecule has 14 heteroatoms. The zero-order valence-corrected chi connectivity index (χ0v) is 26.2. The molecule has 0 atom stereocenters. The van der Waals surface area contributed by atoms with E-state index < -0.39 is 0 Å². The summed E-state index contributed by atoms with van der Waals surface area (Å²) in [5.74, 6) is -0.141. The molecule has 0 aliphatic carbocycles. The van der Waals surface area contributed by atoms with Gasteiger partial charge in [0, 0.05) is 0 Å². The van der Waals surface area contributed by atoms with Gasteiger partial charge < -0.3 is 14.2 Å². The quantitative estimate of drug-likeness (QED) is 0.185. The summed E-state index contributed by atoms with van der Waals surface area (Å²) in [4.78, 5) is 0. The normalized spacial score (nSPS) is 11.0. The van der Waals surface area contributed by atoms with E-state index in [0.717, 1.165) is 0 Å². The van der Waals surface area contributed by atoms with Gasteiger partial charge in [-0.25, -0.2) is 0 Å². The van der Waals surface area contributed by atoms with Crippen LogP contribution in [0.5, 0.6) is 34.5 Å². The zero-order valence-electron chi connectivity index (χ0n) is 17.9. The maximum absolute atomic E-state index is 6.47. The Morgan fingerprint density at radius 2 is 0.658 bits per heavy atom. The van der Waals surface area contributed by atoms with Crippen molar-refractivity contribution in [2.24, 2.45) is 0 Å². The third kappa shape index (κ3) is 5.91. The van der Waals surface area contributed by atoms with Gasteiger partial charge in [-0.2, -0.15) is 0 Å². The van der Waals surface area contributed by atoms with Gasteiger partial charge in [0.1, 0.15) is 56.7 Å². The number of halogens is 11. The molecule has 0 fully saturated rings. The van der Waals surface area contributed by atoms with Gasteiger partial charge in [0.2, 0.25) is 0 Å². The molecule has 0 saturated heterocycles. The number of ether oxygens (including phenoxy) is 3. The Kier molecular flexibility index (Phi) is 10.0. The second-order valence-electron chi connectivity index (χ2n) is 7.12. The Bertz CT molecular complexity index is 1520. The van der Waals surface area contributed by atoms with E-state index in [0.29, 0.717) is 5.02 Å². The lowest BCUT2D eigenvalue weighted by atomic mass is 10.2. The molecule has 4 rings (SSSR count). The molecule has 0 spiro atoms. The van der Waals surface area contributed by atoms with Crippen LogP contribution in [-0.2, 0) is 0 Å². The molecular weight excluding hydrogens is 726 g/mol. The molecular formula is C24H7Cl11O3. The van der Waals surface area contributed by atoms with E-state index in [9.17, 15) is 0 Å². The largest absolute Gasteiger partial charge is 0.453 e. The van der Waals surface area contributed by atoms with E-state index in [1.807, 2.05) is 0 Å². The third-order valence-electron chi connectivity index (χ3n) is 4.75. The van der Waals surface area contributed by atoms with Crippen LogP contribution in [0.2, 0.25) is 55.2 Å². The standard InChI is InChI=1S/C24H7Cl11O3/c25-8-4-1-2-6-10(8)36-21-13(28)17(32)23(18(33)14(21)29)38-24-19(34)15(30)22(16(31)20(24)35)37-11-7-3-5-9(26)12(11)27/h1-7H. The summed E-state index contributed by atoms with van der Waals surface area (Å²) in [7, 11) is 0. The average molecular weight is 733 g/mol. The molecule has 0 amide bonds. The van der Waals surface area contributed by atoms with Crippen molar-refractivity contribution >= 4 is 128 Å². The molecule has 0 N–H and O–H groups in total. The molecule has 0 bridgehead atoms. The molecule has 0 aliphatic heterocycles. The zero-order chi connectivity index (χ0) is 27.9. The second-order valence-corrected chi connectivity index (χ2v) is 11.3. The Balaban J connectivity index is 1.76. The molecule has 0 aliphatic rings. The number of hydrogen-bond donors (Lipinski definition) is 0. The van der Waals surface area contributed by atoms with Gasteiger partial charge >= 0.3 is 0 Å². The summed E-state index contributed by atoms with van der Waals surface area (Å²) in [6, 6.07) is 11.4. The Hall–Kier alpha value is -0.530. The number of hydrogen-bond acceptors (Lipinski definition) is 3. The summed E-state index contributed by atoms with van der Waals surface area (Å²) >= 11 is 70.1. The molecule has 0 saturated carbocycles. The monoisotopic (exact) mass is 728 g/mol. The minimum absolute atomic E-state index is 0.0563. The first-order valence-corrected chi connectivity index (χ1v) is 14.0. The maximum Gasteiger partial charge on any atom is 0.168 e. The van der Waals surface area contributed by atoms with Crippen LogP contribution in [0.3, 0.4) is 0 Å². The summed E-state index contributed by atoms with van der Waals surface area (Å²) in [6.07, 6.45) is 0. The fourth-order valence-corrected chi connectivity index (χ4v) is 5.40. The van der Waals surface area contributed by atoms with Gasteiger partial charge in [-0.15, -0.1) is 0 Å². The minimum atomic E-state index is -0.205. The highest BCUT2D eigenvalue weighted by molar-refractivity contribution is 6.52. The van der Waals surface area contributed by atoms with Crippen LogP contribution in [0.25, 0.3) is 0 Å². The lowest BCUT2D eigenvalue weighted by Gasteiger charge is -2.20. The van der Waals surface area contributed by atoms with Gasteiger partial charge in [-0.1, -0.05) is 146 Å². The van der Waals surface area contributed by atoms with Crippen molar-refractivity contribution in [2.45, 2.75) is 0 Å². The lowest BCUT2D eigenvalue weighted by Crippen LogP contribution is -1.96. The van der Waals surface area contributed by atoms with E-state index in [1.54, 1.807) is 42.5 Å². The van der Waals surface area contributed by atoms with Crippen molar-refractivity contribution in [3.63, 3.8) is 0 Å².